The Hall–Kier alpha value is -3.70. The number of rotatable bonds is 8. The number of fused-ring (bicyclic) bond motifs is 1. The van der Waals surface area contributed by atoms with E-state index in [9.17, 15) is 13.2 Å². The molecular weight excluding hydrogens is 584 g/mol. The van der Waals surface area contributed by atoms with Crippen molar-refractivity contribution >= 4 is 33.2 Å². The summed E-state index contributed by atoms with van der Waals surface area (Å²) in [5, 5.41) is 5.06. The van der Waals surface area contributed by atoms with Crippen molar-refractivity contribution in [2.24, 2.45) is 5.92 Å². The molecule has 1 saturated heterocycles. The number of nitrogens with zero attached hydrogens (tertiary/aromatic N) is 4. The topological polar surface area (TPSA) is 114 Å². The van der Waals surface area contributed by atoms with Gasteiger partial charge in [0.05, 0.1) is 17.6 Å². The van der Waals surface area contributed by atoms with Crippen LogP contribution >= 0.6 is 11.6 Å². The van der Waals surface area contributed by atoms with Crippen molar-refractivity contribution < 1.29 is 8.42 Å². The van der Waals surface area contributed by atoms with Gasteiger partial charge in [-0.25, -0.2) is 0 Å². The van der Waals surface area contributed by atoms with Gasteiger partial charge in [-0.05, 0) is 78.6 Å². The molecule has 9 nitrogen and oxygen atoms in total. The van der Waals surface area contributed by atoms with E-state index in [0.29, 0.717) is 60.5 Å². The predicted molar refractivity (Wildman–Crippen MR) is 171 cm³/mol. The molecule has 224 valence electrons. The molecule has 1 aromatic heterocycles. The van der Waals surface area contributed by atoms with Gasteiger partial charge in [-0.1, -0.05) is 54.1 Å². The minimum atomic E-state index is -3.69. The number of aromatic nitrogens is 2. The van der Waals surface area contributed by atoms with Gasteiger partial charge in [0, 0.05) is 49.0 Å². The Morgan fingerprint density at radius 2 is 1.70 bits per heavy atom. The fraction of sp³-hybridized carbons (Fsp3) is 0.312. The second-order valence-electron chi connectivity index (χ2n) is 11.4. The van der Waals surface area contributed by atoms with Gasteiger partial charge >= 0.3 is 0 Å². The maximum atomic E-state index is 14.0. The molecule has 0 unspecified atom stereocenters. The van der Waals surface area contributed by atoms with Gasteiger partial charge in [0.2, 0.25) is 0 Å². The van der Waals surface area contributed by atoms with Gasteiger partial charge < -0.3 is 10.6 Å². The lowest BCUT2D eigenvalue weighted by atomic mass is 9.96. The molecule has 0 bridgehead atoms. The van der Waals surface area contributed by atoms with Crippen LogP contribution < -0.4 is 20.9 Å². The van der Waals surface area contributed by atoms with Crippen LogP contribution in [-0.4, -0.2) is 48.7 Å². The molecule has 3 aromatic carbocycles. The standard InChI is InChI=1S/C32H35ClN6O3S/c1-22-15-23(9-10-30(22)34)20-36-43(41,42)38-13-11-37(12-14-38)31-21-35-39(28-8-4-7-27(33)19-28)32(40)29(31)18-24-16-25-5-2-3-6-26(25)17-24/h2-10,15,19,21,24,36H,11-14,16-18,20,34H2,1H3. The molecule has 2 aliphatic rings. The maximum absolute atomic E-state index is 14.0. The van der Waals surface area contributed by atoms with Crippen molar-refractivity contribution in [3.63, 3.8) is 0 Å². The summed E-state index contributed by atoms with van der Waals surface area (Å²) in [5.41, 5.74) is 12.9. The zero-order valence-electron chi connectivity index (χ0n) is 24.0. The van der Waals surface area contributed by atoms with Crippen LogP contribution in [0.15, 0.2) is 77.7 Å². The molecule has 0 saturated carbocycles. The van der Waals surface area contributed by atoms with Crippen molar-refractivity contribution in [2.75, 3.05) is 36.8 Å². The second kappa shape index (κ2) is 12.1. The van der Waals surface area contributed by atoms with Crippen LogP contribution in [0.25, 0.3) is 5.69 Å². The first-order chi connectivity index (χ1) is 20.7. The van der Waals surface area contributed by atoms with E-state index in [4.69, 9.17) is 17.3 Å². The quantitative estimate of drug-likeness (QED) is 0.290. The highest BCUT2D eigenvalue weighted by Gasteiger charge is 2.30. The molecule has 6 rings (SSSR count). The molecule has 0 atom stereocenters. The van der Waals surface area contributed by atoms with E-state index >= 15 is 0 Å². The first-order valence-corrected chi connectivity index (χ1v) is 16.3. The smallest absolute Gasteiger partial charge is 0.279 e. The van der Waals surface area contributed by atoms with E-state index in [1.807, 2.05) is 25.1 Å². The average Bonchev–Trinajstić information content (AvgIpc) is 3.41. The van der Waals surface area contributed by atoms with Gasteiger partial charge in [0.25, 0.3) is 15.8 Å². The van der Waals surface area contributed by atoms with E-state index < -0.39 is 10.2 Å². The summed E-state index contributed by atoms with van der Waals surface area (Å²) in [6, 6.07) is 21.1. The van der Waals surface area contributed by atoms with Crippen LogP contribution in [-0.2, 0) is 36.0 Å². The zero-order valence-corrected chi connectivity index (χ0v) is 25.6. The van der Waals surface area contributed by atoms with Gasteiger partial charge in [0.1, 0.15) is 0 Å². The molecule has 0 spiro atoms. The summed E-state index contributed by atoms with van der Waals surface area (Å²) in [5.74, 6) is 0.293. The normalized spacial score (nSPS) is 16.0. The van der Waals surface area contributed by atoms with Crippen molar-refractivity contribution in [1.82, 2.24) is 18.8 Å². The van der Waals surface area contributed by atoms with Crippen LogP contribution in [0.4, 0.5) is 11.4 Å². The number of benzene rings is 3. The van der Waals surface area contributed by atoms with Gasteiger partial charge in [0.15, 0.2) is 0 Å². The molecule has 3 N–H and O–H groups in total. The summed E-state index contributed by atoms with van der Waals surface area (Å²) in [6.07, 6.45) is 4.18. The minimum absolute atomic E-state index is 0.175. The lowest BCUT2D eigenvalue weighted by molar-refractivity contribution is 0.377. The summed E-state index contributed by atoms with van der Waals surface area (Å²) < 4.78 is 31.9. The molecule has 1 aliphatic carbocycles. The van der Waals surface area contributed by atoms with Crippen molar-refractivity contribution in [3.8, 4) is 5.69 Å². The fourth-order valence-corrected chi connectivity index (χ4v) is 7.46. The number of nitrogen functional groups attached to an aromatic ring is 1. The third-order valence-electron chi connectivity index (χ3n) is 8.45. The maximum Gasteiger partial charge on any atom is 0.279 e. The van der Waals surface area contributed by atoms with Crippen molar-refractivity contribution in [3.05, 3.63) is 116 Å². The number of hydrogen-bond acceptors (Lipinski definition) is 6. The molecule has 4 aromatic rings. The number of piperazine rings is 1. The Labute approximate surface area is 257 Å². The third-order valence-corrected chi connectivity index (χ3v) is 10.2. The van der Waals surface area contributed by atoms with E-state index in [-0.39, 0.29) is 12.1 Å². The number of nitrogens with one attached hydrogen (secondary N) is 1. The van der Waals surface area contributed by atoms with E-state index in [1.54, 1.807) is 30.5 Å². The first kappa shape index (κ1) is 29.4. The Balaban J connectivity index is 1.21. The predicted octanol–water partition coefficient (Wildman–Crippen LogP) is 3.89. The summed E-state index contributed by atoms with van der Waals surface area (Å²) in [4.78, 5) is 16.1. The van der Waals surface area contributed by atoms with Crippen molar-refractivity contribution in [1.29, 1.82) is 0 Å². The van der Waals surface area contributed by atoms with Crippen LogP contribution in [0.1, 0.15) is 27.8 Å². The zero-order chi connectivity index (χ0) is 30.1. The lowest BCUT2D eigenvalue weighted by Crippen LogP contribution is -2.52. The Morgan fingerprint density at radius 1 is 0.977 bits per heavy atom. The molecule has 1 fully saturated rings. The molecule has 0 radical (unpaired) electrons. The Bertz CT molecular complexity index is 1790. The average molecular weight is 619 g/mol. The van der Waals surface area contributed by atoms with Gasteiger partial charge in [-0.2, -0.15) is 27.2 Å². The second-order valence-corrected chi connectivity index (χ2v) is 13.5. The highest BCUT2D eigenvalue weighted by Crippen LogP contribution is 2.31. The number of halogens is 1. The van der Waals surface area contributed by atoms with Crippen LogP contribution in [0.2, 0.25) is 5.02 Å². The Kier molecular flexibility index (Phi) is 8.28. The molecular formula is C32H35ClN6O3S. The molecule has 0 amide bonds. The van der Waals surface area contributed by atoms with Gasteiger partial charge in [-0.3, -0.25) is 4.79 Å². The first-order valence-electron chi connectivity index (χ1n) is 14.5. The summed E-state index contributed by atoms with van der Waals surface area (Å²) in [6.45, 7) is 3.56. The lowest BCUT2D eigenvalue weighted by Gasteiger charge is -2.36. The van der Waals surface area contributed by atoms with Gasteiger partial charge in [-0.15, -0.1) is 0 Å². The fourth-order valence-electron chi connectivity index (χ4n) is 6.10. The number of nitrogens with two attached hydrogens (primary N) is 1. The van der Waals surface area contributed by atoms with Crippen LogP contribution in [0.5, 0.6) is 0 Å². The van der Waals surface area contributed by atoms with E-state index in [1.165, 1.54) is 20.1 Å². The van der Waals surface area contributed by atoms with Crippen LogP contribution in [0.3, 0.4) is 0 Å². The summed E-state index contributed by atoms with van der Waals surface area (Å²) in [7, 11) is -3.69. The van der Waals surface area contributed by atoms with E-state index in [2.05, 4.69) is 39.0 Å². The number of hydrogen-bond donors (Lipinski definition) is 2. The highest BCUT2D eigenvalue weighted by atomic mass is 35.5. The Morgan fingerprint density at radius 3 is 2.37 bits per heavy atom. The molecule has 43 heavy (non-hydrogen) atoms. The summed E-state index contributed by atoms with van der Waals surface area (Å²) >= 11 is 6.23. The number of aryl methyl sites for hydroxylation is 1. The van der Waals surface area contributed by atoms with Crippen molar-refractivity contribution in [2.45, 2.75) is 32.7 Å². The van der Waals surface area contributed by atoms with Crippen LogP contribution in [0, 0.1) is 12.8 Å². The SMILES string of the molecule is Cc1cc(CNS(=O)(=O)N2CCN(c3cnn(-c4cccc(Cl)c4)c(=O)c3CC3Cc4ccccc4C3)CC2)ccc1N. The third kappa shape index (κ3) is 6.33. The number of anilines is 2. The molecule has 2 heterocycles. The molecule has 1 aliphatic heterocycles. The minimum Gasteiger partial charge on any atom is -0.399 e. The largest absolute Gasteiger partial charge is 0.399 e. The van der Waals surface area contributed by atoms with E-state index in [0.717, 1.165) is 29.7 Å². The monoisotopic (exact) mass is 618 g/mol. The highest BCUT2D eigenvalue weighted by molar-refractivity contribution is 7.87. The molecule has 11 heteroatoms.